The molecule has 0 aliphatic rings. The Morgan fingerprint density at radius 2 is 0.909 bits per heavy atom. The zero-order valence-electron chi connectivity index (χ0n) is 23.1. The molecule has 0 N–H and O–H groups in total. The molecule has 0 aliphatic heterocycles. The third-order valence-corrected chi connectivity index (χ3v) is 6.74. The zero-order valence-corrected chi connectivity index (χ0v) is 23.1. The average Bonchev–Trinajstić information content (AvgIpc) is 3.03. The third-order valence-electron chi connectivity index (χ3n) is 6.74. The summed E-state index contributed by atoms with van der Waals surface area (Å²) in [6, 6.07) is 24.1. The van der Waals surface area contributed by atoms with Gasteiger partial charge in [-0.2, -0.15) is 26.3 Å². The Kier molecular flexibility index (Phi) is 10.2. The maximum atomic E-state index is 13.3. The lowest BCUT2D eigenvalue weighted by atomic mass is 9.71. The number of carbonyl (C=O) groups excluding carboxylic acids is 1. The van der Waals surface area contributed by atoms with Gasteiger partial charge in [-0.15, -0.1) is 0 Å². The Bertz CT molecular complexity index is 1630. The molecule has 0 bridgehead atoms. The van der Waals surface area contributed by atoms with Crippen molar-refractivity contribution in [3.05, 3.63) is 167 Å². The summed E-state index contributed by atoms with van der Waals surface area (Å²) in [5, 5.41) is 0. The third kappa shape index (κ3) is 7.95. The van der Waals surface area contributed by atoms with Crippen LogP contribution in [0.15, 0.2) is 139 Å². The Hall–Kier alpha value is -5.31. The molecule has 0 fully saturated rings. The smallest absolute Gasteiger partial charge is 0.344 e. The zero-order chi connectivity index (χ0) is 31.7. The van der Waals surface area contributed by atoms with E-state index in [2.05, 4.69) is 9.47 Å². The molecule has 3 nitrogen and oxygen atoms in total. The van der Waals surface area contributed by atoms with Gasteiger partial charge in [0, 0.05) is 5.41 Å². The van der Waals surface area contributed by atoms with E-state index < -0.39 is 29.6 Å². The summed E-state index contributed by atoms with van der Waals surface area (Å²) < 4.78 is 85.7. The monoisotopic (exact) mass is 606 g/mol. The van der Waals surface area contributed by atoms with Crippen molar-refractivity contribution >= 4 is 17.9 Å². The highest BCUT2D eigenvalue weighted by Crippen LogP contribution is 2.40. The average molecular weight is 607 g/mol. The van der Waals surface area contributed by atoms with Crippen molar-refractivity contribution in [3.63, 3.8) is 0 Å². The molecule has 0 amide bonds. The van der Waals surface area contributed by atoms with Crippen molar-refractivity contribution < 1.29 is 40.6 Å². The molecule has 4 aromatic carbocycles. The van der Waals surface area contributed by atoms with Crippen LogP contribution in [0.25, 0.3) is 12.2 Å². The minimum absolute atomic E-state index is 0.160. The second-order valence-corrected chi connectivity index (χ2v) is 9.55. The molecule has 0 aliphatic carbocycles. The van der Waals surface area contributed by atoms with Crippen molar-refractivity contribution in [2.24, 2.45) is 0 Å². The van der Waals surface area contributed by atoms with Crippen LogP contribution in [0.5, 0.6) is 11.5 Å². The fourth-order valence-electron chi connectivity index (χ4n) is 4.40. The van der Waals surface area contributed by atoms with E-state index in [1.807, 2.05) is 49.4 Å². The normalized spacial score (nSPS) is 11.4. The van der Waals surface area contributed by atoms with Crippen molar-refractivity contribution in [1.82, 2.24) is 0 Å². The molecule has 0 saturated heterocycles. The van der Waals surface area contributed by atoms with Crippen LogP contribution in [-0.2, 0) is 10.2 Å². The van der Waals surface area contributed by atoms with Gasteiger partial charge < -0.3 is 9.47 Å². The van der Waals surface area contributed by atoms with Crippen LogP contribution in [0.4, 0.5) is 26.3 Å². The molecule has 4 aromatic rings. The number of rotatable bonds is 11. The van der Waals surface area contributed by atoms with Crippen molar-refractivity contribution in [1.29, 1.82) is 0 Å². The van der Waals surface area contributed by atoms with Gasteiger partial charge in [0.25, 0.3) is 0 Å². The summed E-state index contributed by atoms with van der Waals surface area (Å²) in [5.74, 6) is -0.524. The molecular formula is C35H24F6O3. The predicted molar refractivity (Wildman–Crippen MR) is 156 cm³/mol. The van der Waals surface area contributed by atoms with Gasteiger partial charge in [-0.1, -0.05) is 91.0 Å². The Balaban J connectivity index is 1.64. The van der Waals surface area contributed by atoms with Crippen molar-refractivity contribution in [2.45, 2.75) is 12.3 Å². The van der Waals surface area contributed by atoms with Gasteiger partial charge in [0.05, 0.1) is 0 Å². The van der Waals surface area contributed by atoms with Gasteiger partial charge in [0.15, 0.2) is 5.78 Å². The number of halogens is 6. The van der Waals surface area contributed by atoms with E-state index in [4.69, 9.17) is 0 Å². The first kappa shape index (κ1) is 31.6. The minimum atomic E-state index is -2.59. The van der Waals surface area contributed by atoms with Crippen LogP contribution in [0.2, 0.25) is 0 Å². The van der Waals surface area contributed by atoms with E-state index in [9.17, 15) is 31.1 Å². The number of carbonyl (C=O) groups is 1. The van der Waals surface area contributed by atoms with E-state index in [-0.39, 0.29) is 17.3 Å². The number of benzene rings is 4. The summed E-state index contributed by atoms with van der Waals surface area (Å²) in [7, 11) is 0. The summed E-state index contributed by atoms with van der Waals surface area (Å²) in [6.07, 6.45) is 1.09. The fourth-order valence-corrected chi connectivity index (χ4v) is 4.40. The summed E-state index contributed by atoms with van der Waals surface area (Å²) in [4.78, 5) is 12.3. The second-order valence-electron chi connectivity index (χ2n) is 9.55. The minimum Gasteiger partial charge on any atom is -0.428 e. The number of ketones is 1. The molecule has 9 heteroatoms. The molecule has 0 radical (unpaired) electrons. The highest BCUT2D eigenvalue weighted by Gasteiger charge is 2.31. The van der Waals surface area contributed by atoms with Gasteiger partial charge in [0.1, 0.15) is 11.5 Å². The standard InChI is InChI=1S/C35H24F6O3/c1-35(26-13-19-29(20-14-26)43-33(40)31(36)37,27-15-21-30(22-16-27)44-34(41)32(38)39)25-11-7-24(8-12-25)10-18-28(42)17-9-23-5-3-2-4-6-23/h2-22H,1H3/b17-9+,18-10+. The van der Waals surface area contributed by atoms with E-state index in [1.165, 1.54) is 36.4 Å². The number of ether oxygens (including phenoxy) is 2. The van der Waals surface area contributed by atoms with Gasteiger partial charge >= 0.3 is 24.2 Å². The van der Waals surface area contributed by atoms with Crippen LogP contribution in [-0.4, -0.2) is 5.78 Å². The van der Waals surface area contributed by atoms with Crippen LogP contribution < -0.4 is 9.47 Å². The quantitative estimate of drug-likeness (QED) is 0.0738. The lowest BCUT2D eigenvalue weighted by molar-refractivity contribution is -0.110. The topological polar surface area (TPSA) is 35.5 Å². The predicted octanol–water partition coefficient (Wildman–Crippen LogP) is 10.2. The second kappa shape index (κ2) is 14.2. The largest absolute Gasteiger partial charge is 0.428 e. The van der Waals surface area contributed by atoms with Gasteiger partial charge in [-0.05, 0) is 71.2 Å². The first-order chi connectivity index (χ1) is 21.1. The van der Waals surface area contributed by atoms with E-state index in [0.717, 1.165) is 16.7 Å². The lowest BCUT2D eigenvalue weighted by Gasteiger charge is -2.32. The van der Waals surface area contributed by atoms with Gasteiger partial charge in [-0.25, -0.2) is 0 Å². The number of hydrogen-bond acceptors (Lipinski definition) is 3. The van der Waals surface area contributed by atoms with Gasteiger partial charge in [-0.3, -0.25) is 4.79 Å². The first-order valence-electron chi connectivity index (χ1n) is 13.1. The highest BCUT2D eigenvalue weighted by molar-refractivity contribution is 6.04. The summed E-state index contributed by atoms with van der Waals surface area (Å²) >= 11 is 0. The molecule has 0 aromatic heterocycles. The Morgan fingerprint density at radius 3 is 1.30 bits per heavy atom. The molecule has 224 valence electrons. The SMILES string of the molecule is CC(c1ccc(/C=C/C(=O)/C=C/c2ccccc2)cc1)(c1ccc(OC(F)=C(F)F)cc1)c1ccc(OC(F)=C(F)F)cc1. The van der Waals surface area contributed by atoms with Gasteiger partial charge in [0.2, 0.25) is 0 Å². The molecule has 0 heterocycles. The van der Waals surface area contributed by atoms with E-state index in [1.54, 1.807) is 48.6 Å². The number of allylic oxidation sites excluding steroid dienone is 2. The molecule has 0 atom stereocenters. The number of hydrogen-bond donors (Lipinski definition) is 0. The Morgan fingerprint density at radius 1 is 0.545 bits per heavy atom. The summed E-state index contributed by atoms with van der Waals surface area (Å²) in [5.41, 5.74) is 2.70. The van der Waals surface area contributed by atoms with E-state index >= 15 is 0 Å². The molecule has 44 heavy (non-hydrogen) atoms. The molecular weight excluding hydrogens is 582 g/mol. The first-order valence-corrected chi connectivity index (χ1v) is 13.1. The maximum absolute atomic E-state index is 13.3. The molecule has 0 saturated carbocycles. The Labute approximate surface area is 249 Å². The van der Waals surface area contributed by atoms with Crippen molar-refractivity contribution in [3.8, 4) is 11.5 Å². The highest BCUT2D eigenvalue weighted by atomic mass is 19.3. The fraction of sp³-hybridized carbons (Fsp3) is 0.0571. The van der Waals surface area contributed by atoms with Crippen molar-refractivity contribution in [2.75, 3.05) is 0 Å². The maximum Gasteiger partial charge on any atom is 0.344 e. The van der Waals surface area contributed by atoms with Crippen LogP contribution in [0.3, 0.4) is 0 Å². The van der Waals surface area contributed by atoms with Crippen LogP contribution in [0, 0.1) is 0 Å². The molecule has 4 rings (SSSR count). The van der Waals surface area contributed by atoms with Crippen LogP contribution >= 0.6 is 0 Å². The van der Waals surface area contributed by atoms with E-state index in [0.29, 0.717) is 11.1 Å². The molecule has 0 unspecified atom stereocenters. The molecule has 0 spiro atoms. The van der Waals surface area contributed by atoms with Crippen LogP contribution in [0.1, 0.15) is 34.7 Å². The lowest BCUT2D eigenvalue weighted by Crippen LogP contribution is -2.25. The summed E-state index contributed by atoms with van der Waals surface area (Å²) in [6.45, 7) is 1.85.